The minimum atomic E-state index is -0.946. The van der Waals surface area contributed by atoms with Gasteiger partial charge in [0.05, 0.1) is 31.6 Å². The zero-order valence-corrected chi connectivity index (χ0v) is 15.5. The number of nitrogens with zero attached hydrogens (tertiary/aromatic N) is 1. The first-order valence-electron chi connectivity index (χ1n) is 9.02. The van der Waals surface area contributed by atoms with Crippen molar-refractivity contribution < 1.29 is 24.2 Å². The summed E-state index contributed by atoms with van der Waals surface area (Å²) in [6.45, 7) is 6.65. The summed E-state index contributed by atoms with van der Waals surface area (Å²) in [5, 5.41) is 14.8. The molecule has 8 heteroatoms. The summed E-state index contributed by atoms with van der Waals surface area (Å²) in [7, 11) is 0. The number of rotatable bonds is 6. The first kappa shape index (κ1) is 19.3. The Hall–Kier alpha value is -2.45. The summed E-state index contributed by atoms with van der Waals surface area (Å²) in [6, 6.07) is 6.79. The number of carboxylic acids is 1. The second kappa shape index (κ2) is 7.66. The first-order valence-corrected chi connectivity index (χ1v) is 9.02. The SMILES string of the molecule is CC1(C)C(C(=O)O)C1C(=O)Nc1ccc(NC(=O)CN2CCOCC2)cc1. The average Bonchev–Trinajstić information content (AvgIpc) is 3.20. The Labute approximate surface area is 157 Å². The van der Waals surface area contributed by atoms with Gasteiger partial charge in [-0.3, -0.25) is 19.3 Å². The maximum absolute atomic E-state index is 12.3. The molecule has 2 aliphatic rings. The lowest BCUT2D eigenvalue weighted by atomic mass is 10.1. The summed E-state index contributed by atoms with van der Waals surface area (Å²) >= 11 is 0. The molecule has 0 bridgehead atoms. The molecule has 2 atom stereocenters. The van der Waals surface area contributed by atoms with Crippen molar-refractivity contribution in [3.8, 4) is 0 Å². The van der Waals surface area contributed by atoms with E-state index in [4.69, 9.17) is 4.74 Å². The predicted octanol–water partition coefficient (Wildman–Crippen LogP) is 1.25. The molecule has 1 saturated heterocycles. The minimum absolute atomic E-state index is 0.0993. The third-order valence-corrected chi connectivity index (χ3v) is 5.28. The number of morpholine rings is 1. The van der Waals surface area contributed by atoms with Crippen LogP contribution in [0.4, 0.5) is 11.4 Å². The van der Waals surface area contributed by atoms with Crippen molar-refractivity contribution in [1.82, 2.24) is 4.90 Å². The van der Waals surface area contributed by atoms with Gasteiger partial charge in [-0.2, -0.15) is 0 Å². The average molecular weight is 375 g/mol. The van der Waals surface area contributed by atoms with Crippen molar-refractivity contribution in [2.75, 3.05) is 43.5 Å². The van der Waals surface area contributed by atoms with Gasteiger partial charge in [0.2, 0.25) is 11.8 Å². The fourth-order valence-electron chi connectivity index (χ4n) is 3.61. The van der Waals surface area contributed by atoms with Crippen LogP contribution in [0.25, 0.3) is 0 Å². The molecule has 0 spiro atoms. The van der Waals surface area contributed by atoms with Gasteiger partial charge in [0, 0.05) is 24.5 Å². The van der Waals surface area contributed by atoms with Crippen molar-refractivity contribution in [3.63, 3.8) is 0 Å². The van der Waals surface area contributed by atoms with Crippen LogP contribution in [0.15, 0.2) is 24.3 Å². The third kappa shape index (κ3) is 4.45. The second-order valence-electron chi connectivity index (χ2n) is 7.62. The summed E-state index contributed by atoms with van der Waals surface area (Å²) < 4.78 is 5.26. The van der Waals surface area contributed by atoms with Crippen molar-refractivity contribution in [2.45, 2.75) is 13.8 Å². The highest BCUT2D eigenvalue weighted by molar-refractivity contribution is 6.00. The highest BCUT2D eigenvalue weighted by Gasteiger charge is 2.65. The maximum atomic E-state index is 12.3. The van der Waals surface area contributed by atoms with Crippen LogP contribution in [-0.2, 0) is 19.1 Å². The smallest absolute Gasteiger partial charge is 0.307 e. The van der Waals surface area contributed by atoms with Crippen molar-refractivity contribution in [3.05, 3.63) is 24.3 Å². The quantitative estimate of drug-likeness (QED) is 0.691. The molecule has 8 nitrogen and oxygen atoms in total. The molecule has 27 heavy (non-hydrogen) atoms. The Morgan fingerprint density at radius 1 is 1.07 bits per heavy atom. The lowest BCUT2D eigenvalue weighted by molar-refractivity contribution is -0.140. The molecule has 1 heterocycles. The molecule has 3 N–H and O–H groups in total. The van der Waals surface area contributed by atoms with Crippen LogP contribution in [0.2, 0.25) is 0 Å². The lowest BCUT2D eigenvalue weighted by Gasteiger charge is -2.25. The first-order chi connectivity index (χ1) is 12.8. The number of aliphatic carboxylic acids is 1. The molecule has 0 radical (unpaired) electrons. The van der Waals surface area contributed by atoms with Gasteiger partial charge in [-0.15, -0.1) is 0 Å². The predicted molar refractivity (Wildman–Crippen MR) is 99.4 cm³/mol. The van der Waals surface area contributed by atoms with Crippen LogP contribution in [-0.4, -0.2) is 60.6 Å². The molecule has 1 aliphatic carbocycles. The highest BCUT2D eigenvalue weighted by Crippen LogP contribution is 2.58. The second-order valence-corrected chi connectivity index (χ2v) is 7.62. The third-order valence-electron chi connectivity index (χ3n) is 5.28. The number of hydrogen-bond donors (Lipinski definition) is 3. The van der Waals surface area contributed by atoms with Crippen LogP contribution in [0.1, 0.15) is 13.8 Å². The molecule has 1 saturated carbocycles. The van der Waals surface area contributed by atoms with Crippen molar-refractivity contribution in [2.24, 2.45) is 17.3 Å². The molecular formula is C19H25N3O5. The number of amides is 2. The van der Waals surface area contributed by atoms with E-state index in [1.807, 2.05) is 4.90 Å². The van der Waals surface area contributed by atoms with Crippen molar-refractivity contribution in [1.29, 1.82) is 0 Å². The largest absolute Gasteiger partial charge is 0.481 e. The normalized spacial score (nSPS) is 24.1. The van der Waals surface area contributed by atoms with E-state index in [0.717, 1.165) is 13.1 Å². The van der Waals surface area contributed by atoms with Crippen LogP contribution < -0.4 is 10.6 Å². The van der Waals surface area contributed by atoms with Crippen LogP contribution in [0.3, 0.4) is 0 Å². The zero-order valence-electron chi connectivity index (χ0n) is 15.5. The Morgan fingerprint density at radius 2 is 1.63 bits per heavy atom. The number of anilines is 2. The van der Waals surface area contributed by atoms with E-state index in [0.29, 0.717) is 31.1 Å². The van der Waals surface area contributed by atoms with E-state index in [9.17, 15) is 19.5 Å². The number of ether oxygens (including phenoxy) is 1. The van der Waals surface area contributed by atoms with E-state index in [1.165, 1.54) is 0 Å². The molecular weight excluding hydrogens is 350 g/mol. The van der Waals surface area contributed by atoms with Crippen LogP contribution >= 0.6 is 0 Å². The number of carbonyl (C=O) groups excluding carboxylic acids is 2. The van der Waals surface area contributed by atoms with E-state index >= 15 is 0 Å². The summed E-state index contributed by atoms with van der Waals surface area (Å²) in [6.07, 6.45) is 0. The van der Waals surface area contributed by atoms with Gasteiger partial charge >= 0.3 is 5.97 Å². The minimum Gasteiger partial charge on any atom is -0.481 e. The topological polar surface area (TPSA) is 108 Å². The number of carboxylic acid groups (broad SMARTS) is 1. The van der Waals surface area contributed by atoms with Gasteiger partial charge in [-0.1, -0.05) is 13.8 Å². The zero-order chi connectivity index (χ0) is 19.6. The monoisotopic (exact) mass is 375 g/mol. The summed E-state index contributed by atoms with van der Waals surface area (Å²) in [5.41, 5.74) is 0.669. The Balaban J connectivity index is 1.51. The van der Waals surface area contributed by atoms with E-state index in [1.54, 1.807) is 38.1 Å². The standard InChI is InChI=1S/C19H25N3O5/c1-19(2)15(16(19)18(25)26)17(24)21-13-5-3-12(4-6-13)20-14(23)11-22-7-9-27-10-8-22/h3-6,15-16H,7-11H2,1-2H3,(H,20,23)(H,21,24)(H,25,26). The molecule has 146 valence electrons. The Kier molecular flexibility index (Phi) is 5.48. The molecule has 3 rings (SSSR count). The van der Waals surface area contributed by atoms with Gasteiger partial charge in [0.15, 0.2) is 0 Å². The van der Waals surface area contributed by atoms with Gasteiger partial charge in [0.1, 0.15) is 0 Å². The van der Waals surface area contributed by atoms with Gasteiger partial charge < -0.3 is 20.5 Å². The van der Waals surface area contributed by atoms with Crippen LogP contribution in [0.5, 0.6) is 0 Å². The molecule has 1 aromatic rings. The van der Waals surface area contributed by atoms with E-state index in [2.05, 4.69) is 10.6 Å². The Bertz CT molecular complexity index is 725. The van der Waals surface area contributed by atoms with E-state index < -0.39 is 23.2 Å². The number of nitrogens with one attached hydrogen (secondary N) is 2. The number of carbonyl (C=O) groups is 3. The molecule has 0 aromatic heterocycles. The van der Waals surface area contributed by atoms with Crippen LogP contribution in [0, 0.1) is 17.3 Å². The lowest BCUT2D eigenvalue weighted by Crippen LogP contribution is -2.41. The van der Waals surface area contributed by atoms with E-state index in [-0.39, 0.29) is 11.8 Å². The summed E-state index contributed by atoms with van der Waals surface area (Å²) in [4.78, 5) is 37.7. The maximum Gasteiger partial charge on any atom is 0.307 e. The summed E-state index contributed by atoms with van der Waals surface area (Å²) in [5.74, 6) is -2.54. The Morgan fingerprint density at radius 3 is 2.15 bits per heavy atom. The number of hydrogen-bond acceptors (Lipinski definition) is 5. The van der Waals surface area contributed by atoms with Gasteiger partial charge in [-0.25, -0.2) is 0 Å². The molecule has 2 fully saturated rings. The van der Waals surface area contributed by atoms with Gasteiger partial charge in [0.25, 0.3) is 0 Å². The molecule has 1 aromatic carbocycles. The number of benzene rings is 1. The fourth-order valence-corrected chi connectivity index (χ4v) is 3.61. The molecule has 2 unspecified atom stereocenters. The fraction of sp³-hybridized carbons (Fsp3) is 0.526. The van der Waals surface area contributed by atoms with Gasteiger partial charge in [-0.05, 0) is 29.7 Å². The highest BCUT2D eigenvalue weighted by atomic mass is 16.5. The molecule has 2 amide bonds. The molecule has 1 aliphatic heterocycles. The van der Waals surface area contributed by atoms with Crippen molar-refractivity contribution >= 4 is 29.2 Å².